The van der Waals surface area contributed by atoms with Crippen LogP contribution in [0.3, 0.4) is 0 Å². The van der Waals surface area contributed by atoms with E-state index < -0.39 is 29.4 Å². The lowest BCUT2D eigenvalue weighted by molar-refractivity contribution is -0.143. The van der Waals surface area contributed by atoms with E-state index in [1.165, 1.54) is 0 Å². The fourth-order valence-electron chi connectivity index (χ4n) is 1.64. The summed E-state index contributed by atoms with van der Waals surface area (Å²) in [5, 5.41) is 29.4. The second-order valence-corrected chi connectivity index (χ2v) is 6.07. The molecule has 0 unspecified atom stereocenters. The summed E-state index contributed by atoms with van der Waals surface area (Å²) in [6.45, 7) is 4.94. The van der Waals surface area contributed by atoms with E-state index >= 15 is 0 Å². The van der Waals surface area contributed by atoms with Gasteiger partial charge in [0.25, 0.3) is 0 Å². The predicted molar refractivity (Wildman–Crippen MR) is 94.5 cm³/mol. The number of ether oxygens (including phenoxy) is 1. The van der Waals surface area contributed by atoms with Crippen molar-refractivity contribution in [2.45, 2.75) is 33.3 Å². The highest BCUT2D eigenvalue weighted by Gasteiger charge is 2.32. The van der Waals surface area contributed by atoms with Gasteiger partial charge in [0, 0.05) is 12.0 Å². The molecule has 0 fully saturated rings. The van der Waals surface area contributed by atoms with Gasteiger partial charge in [-0.3, -0.25) is 9.59 Å². The summed E-state index contributed by atoms with van der Waals surface area (Å²) in [5.74, 6) is -1.88. The van der Waals surface area contributed by atoms with Crippen LogP contribution < -0.4 is 5.32 Å². The second kappa shape index (κ2) is 12.0. The van der Waals surface area contributed by atoms with Crippen LogP contribution in [0.5, 0.6) is 0 Å². The second-order valence-electron chi connectivity index (χ2n) is 6.07. The standard InChI is InChI=1S/C11H21NO5.C7H6O2/c1-4-17-8(14)5-6-12-10(16)9(15)11(2,3)7-13;8-7(9)6-4-2-1-3-5-6/h9,13,15H,4-7H2,1-3H3,(H,12,16);1-5H,(H,8,9)/t9-;/m0./s1. The van der Waals surface area contributed by atoms with Crippen LogP contribution in [0.4, 0.5) is 0 Å². The molecule has 26 heavy (non-hydrogen) atoms. The number of rotatable bonds is 8. The maximum Gasteiger partial charge on any atom is 0.335 e. The quantitative estimate of drug-likeness (QED) is 0.499. The summed E-state index contributed by atoms with van der Waals surface area (Å²) < 4.78 is 4.68. The summed E-state index contributed by atoms with van der Waals surface area (Å²) >= 11 is 0. The van der Waals surface area contributed by atoms with Crippen LogP contribution in [0.15, 0.2) is 30.3 Å². The van der Waals surface area contributed by atoms with Gasteiger partial charge in [0.1, 0.15) is 6.10 Å². The van der Waals surface area contributed by atoms with Gasteiger partial charge in [-0.15, -0.1) is 0 Å². The van der Waals surface area contributed by atoms with Crippen LogP contribution in [-0.4, -0.2) is 59.0 Å². The van der Waals surface area contributed by atoms with E-state index in [9.17, 15) is 19.5 Å². The number of aromatic carboxylic acids is 1. The van der Waals surface area contributed by atoms with Gasteiger partial charge in [0.05, 0.1) is 25.2 Å². The summed E-state index contributed by atoms with van der Waals surface area (Å²) in [4.78, 5) is 32.6. The number of esters is 1. The molecule has 0 heterocycles. The zero-order valence-electron chi connectivity index (χ0n) is 15.3. The molecule has 1 amide bonds. The summed E-state index contributed by atoms with van der Waals surface area (Å²) in [6.07, 6.45) is -1.25. The molecule has 0 saturated carbocycles. The molecule has 0 aliphatic rings. The molecule has 1 aromatic carbocycles. The number of carboxylic acids is 1. The molecule has 0 bridgehead atoms. The average molecular weight is 369 g/mol. The molecule has 8 nitrogen and oxygen atoms in total. The minimum atomic E-state index is -1.31. The summed E-state index contributed by atoms with van der Waals surface area (Å²) in [6, 6.07) is 8.30. The van der Waals surface area contributed by atoms with Crippen molar-refractivity contribution in [1.82, 2.24) is 5.32 Å². The van der Waals surface area contributed by atoms with Crippen LogP contribution in [0, 0.1) is 5.41 Å². The first-order chi connectivity index (χ1) is 12.2. The van der Waals surface area contributed by atoms with Crippen molar-refractivity contribution < 1.29 is 34.4 Å². The minimum Gasteiger partial charge on any atom is -0.478 e. The Kier molecular flexibility index (Phi) is 10.9. The number of aliphatic hydroxyl groups excluding tert-OH is 2. The van der Waals surface area contributed by atoms with E-state index in [0.717, 1.165) is 0 Å². The number of aliphatic hydroxyl groups is 2. The molecule has 0 spiro atoms. The Bertz CT molecular complexity index is 572. The molecule has 1 rings (SSSR count). The zero-order valence-corrected chi connectivity index (χ0v) is 15.3. The van der Waals surface area contributed by atoms with Crippen molar-refractivity contribution in [1.29, 1.82) is 0 Å². The SMILES string of the molecule is CCOC(=O)CCNC(=O)[C@H](O)C(C)(C)CO.O=C(O)c1ccccc1. The van der Waals surface area contributed by atoms with E-state index in [-0.39, 0.29) is 19.6 Å². The van der Waals surface area contributed by atoms with Gasteiger partial charge in [-0.25, -0.2) is 4.79 Å². The highest BCUT2D eigenvalue weighted by atomic mass is 16.5. The first kappa shape index (κ1) is 23.5. The minimum absolute atomic E-state index is 0.0614. The first-order valence-electron chi connectivity index (χ1n) is 8.16. The van der Waals surface area contributed by atoms with Crippen molar-refractivity contribution in [2.75, 3.05) is 19.8 Å². The lowest BCUT2D eigenvalue weighted by Crippen LogP contribution is -2.46. The highest BCUT2D eigenvalue weighted by Crippen LogP contribution is 2.19. The molecular weight excluding hydrogens is 342 g/mol. The van der Waals surface area contributed by atoms with Crippen LogP contribution in [0.1, 0.15) is 37.6 Å². The zero-order chi connectivity index (χ0) is 20.2. The van der Waals surface area contributed by atoms with Crippen LogP contribution in [0.2, 0.25) is 0 Å². The van der Waals surface area contributed by atoms with Gasteiger partial charge in [-0.2, -0.15) is 0 Å². The van der Waals surface area contributed by atoms with Gasteiger partial charge >= 0.3 is 11.9 Å². The largest absolute Gasteiger partial charge is 0.478 e. The number of benzene rings is 1. The molecule has 0 saturated heterocycles. The Balaban J connectivity index is 0.000000577. The first-order valence-corrected chi connectivity index (χ1v) is 8.16. The molecule has 146 valence electrons. The Morgan fingerprint density at radius 1 is 1.19 bits per heavy atom. The molecule has 4 N–H and O–H groups in total. The Morgan fingerprint density at radius 3 is 2.19 bits per heavy atom. The third-order valence-corrected chi connectivity index (χ3v) is 3.35. The number of carbonyl (C=O) groups excluding carboxylic acids is 2. The highest BCUT2D eigenvalue weighted by molar-refractivity contribution is 5.87. The fourth-order valence-corrected chi connectivity index (χ4v) is 1.64. The van der Waals surface area contributed by atoms with Gasteiger partial charge in [-0.1, -0.05) is 32.0 Å². The van der Waals surface area contributed by atoms with Crippen molar-refractivity contribution >= 4 is 17.8 Å². The predicted octanol–water partition coefficient (Wildman–Crippen LogP) is 0.820. The average Bonchev–Trinajstić information content (AvgIpc) is 2.62. The third-order valence-electron chi connectivity index (χ3n) is 3.35. The van der Waals surface area contributed by atoms with Crippen molar-refractivity contribution in [3.63, 3.8) is 0 Å². The van der Waals surface area contributed by atoms with E-state index in [1.54, 1.807) is 51.1 Å². The molecule has 0 aromatic heterocycles. The number of nitrogens with one attached hydrogen (secondary N) is 1. The van der Waals surface area contributed by atoms with Crippen molar-refractivity contribution in [3.8, 4) is 0 Å². The number of carbonyl (C=O) groups is 3. The van der Waals surface area contributed by atoms with E-state index in [0.29, 0.717) is 12.2 Å². The monoisotopic (exact) mass is 369 g/mol. The number of amides is 1. The Labute approximate surface area is 152 Å². The third kappa shape index (κ3) is 9.14. The normalized spacial score (nSPS) is 11.6. The lowest BCUT2D eigenvalue weighted by Gasteiger charge is -2.27. The van der Waals surface area contributed by atoms with Crippen LogP contribution in [-0.2, 0) is 14.3 Å². The van der Waals surface area contributed by atoms with Gasteiger partial charge in [0.15, 0.2) is 0 Å². The smallest absolute Gasteiger partial charge is 0.335 e. The van der Waals surface area contributed by atoms with E-state index in [1.807, 2.05) is 0 Å². The number of hydrogen-bond acceptors (Lipinski definition) is 6. The maximum absolute atomic E-state index is 11.5. The van der Waals surface area contributed by atoms with Crippen molar-refractivity contribution in [3.05, 3.63) is 35.9 Å². The molecule has 1 atom stereocenters. The van der Waals surface area contributed by atoms with E-state index in [4.69, 9.17) is 10.2 Å². The fraction of sp³-hybridized carbons (Fsp3) is 0.500. The Hall–Kier alpha value is -2.45. The molecule has 8 heteroatoms. The van der Waals surface area contributed by atoms with Gasteiger partial charge < -0.3 is 25.4 Å². The van der Waals surface area contributed by atoms with Crippen LogP contribution in [0.25, 0.3) is 0 Å². The molecule has 0 aliphatic heterocycles. The topological polar surface area (TPSA) is 133 Å². The number of carboxylic acid groups (broad SMARTS) is 1. The summed E-state index contributed by atoms with van der Waals surface area (Å²) in [5.41, 5.74) is -0.578. The van der Waals surface area contributed by atoms with Crippen LogP contribution >= 0.6 is 0 Å². The van der Waals surface area contributed by atoms with Crippen molar-refractivity contribution in [2.24, 2.45) is 5.41 Å². The molecule has 1 aromatic rings. The lowest BCUT2D eigenvalue weighted by atomic mass is 9.87. The molecular formula is C18H27NO7. The molecule has 0 aliphatic carbocycles. The maximum atomic E-state index is 11.5. The van der Waals surface area contributed by atoms with E-state index in [2.05, 4.69) is 10.1 Å². The molecule has 0 radical (unpaired) electrons. The van der Waals surface area contributed by atoms with Gasteiger partial charge in [0.2, 0.25) is 5.91 Å². The Morgan fingerprint density at radius 2 is 1.77 bits per heavy atom. The number of hydrogen-bond donors (Lipinski definition) is 4. The van der Waals surface area contributed by atoms with Gasteiger partial charge in [-0.05, 0) is 19.1 Å². The summed E-state index contributed by atoms with van der Waals surface area (Å²) in [7, 11) is 0.